The summed E-state index contributed by atoms with van der Waals surface area (Å²) in [6, 6.07) is 0. The Bertz CT molecular complexity index is 229. The van der Waals surface area contributed by atoms with Crippen LogP contribution in [0.25, 0.3) is 0 Å². The Morgan fingerprint density at radius 1 is 1.22 bits per heavy atom. The summed E-state index contributed by atoms with van der Waals surface area (Å²) in [7, 11) is 1.34. The van der Waals surface area contributed by atoms with E-state index in [0.717, 1.165) is 13.0 Å². The van der Waals surface area contributed by atoms with Crippen LogP contribution >= 0.6 is 0 Å². The van der Waals surface area contributed by atoms with Gasteiger partial charge in [-0.15, -0.1) is 0 Å². The molecule has 0 saturated carbocycles. The van der Waals surface area contributed by atoms with Crippen molar-refractivity contribution in [1.82, 2.24) is 0 Å². The lowest BCUT2D eigenvalue weighted by atomic mass is 9.98. The molecule has 0 amide bonds. The SMILES string of the molecule is COC(=O)C(C)(N)CCCOCCOCC(C)C. The number of methoxy groups -OCH3 is 1. The van der Waals surface area contributed by atoms with E-state index in [1.165, 1.54) is 7.11 Å². The standard InChI is InChI=1S/C13H27NO4/c1-11(2)10-18-9-8-17-7-5-6-13(3,14)12(15)16-4/h11H,5-10,14H2,1-4H3. The second-order valence-electron chi connectivity index (χ2n) is 5.09. The Kier molecular flexibility index (Phi) is 8.97. The minimum Gasteiger partial charge on any atom is -0.468 e. The molecule has 0 aromatic carbocycles. The Morgan fingerprint density at radius 3 is 2.39 bits per heavy atom. The van der Waals surface area contributed by atoms with Crippen molar-refractivity contribution in [2.75, 3.05) is 33.5 Å². The van der Waals surface area contributed by atoms with Crippen molar-refractivity contribution >= 4 is 5.97 Å². The smallest absolute Gasteiger partial charge is 0.325 e. The van der Waals surface area contributed by atoms with Crippen molar-refractivity contribution in [3.05, 3.63) is 0 Å². The van der Waals surface area contributed by atoms with Crippen molar-refractivity contribution in [3.63, 3.8) is 0 Å². The summed E-state index contributed by atoms with van der Waals surface area (Å²) >= 11 is 0. The van der Waals surface area contributed by atoms with Crippen LogP contribution in [-0.2, 0) is 19.0 Å². The fourth-order valence-electron chi connectivity index (χ4n) is 1.42. The zero-order valence-electron chi connectivity index (χ0n) is 12.0. The average molecular weight is 261 g/mol. The van der Waals surface area contributed by atoms with E-state index in [1.54, 1.807) is 6.92 Å². The lowest BCUT2D eigenvalue weighted by Gasteiger charge is -2.21. The molecule has 0 aliphatic rings. The Balaban J connectivity index is 3.43. The van der Waals surface area contributed by atoms with Crippen LogP contribution in [0.15, 0.2) is 0 Å². The second kappa shape index (κ2) is 9.30. The molecule has 108 valence electrons. The first-order chi connectivity index (χ1) is 8.40. The van der Waals surface area contributed by atoms with E-state index in [-0.39, 0.29) is 5.97 Å². The minimum atomic E-state index is -0.924. The van der Waals surface area contributed by atoms with Crippen LogP contribution in [0.5, 0.6) is 0 Å². The van der Waals surface area contributed by atoms with Crippen molar-refractivity contribution in [3.8, 4) is 0 Å². The van der Waals surface area contributed by atoms with Crippen LogP contribution < -0.4 is 5.73 Å². The van der Waals surface area contributed by atoms with E-state index in [9.17, 15) is 4.79 Å². The predicted octanol–water partition coefficient (Wildman–Crippen LogP) is 1.35. The molecule has 0 fully saturated rings. The van der Waals surface area contributed by atoms with E-state index < -0.39 is 5.54 Å². The third-order valence-electron chi connectivity index (χ3n) is 2.46. The number of carbonyl (C=O) groups excluding carboxylic acids is 1. The normalized spacial score (nSPS) is 14.6. The zero-order chi connectivity index (χ0) is 14.0. The molecule has 5 heteroatoms. The fourth-order valence-corrected chi connectivity index (χ4v) is 1.42. The number of ether oxygens (including phenoxy) is 3. The third-order valence-corrected chi connectivity index (χ3v) is 2.46. The summed E-state index contributed by atoms with van der Waals surface area (Å²) in [5.41, 5.74) is 4.89. The van der Waals surface area contributed by atoms with Gasteiger partial charge in [0, 0.05) is 13.2 Å². The van der Waals surface area contributed by atoms with Crippen molar-refractivity contribution < 1.29 is 19.0 Å². The van der Waals surface area contributed by atoms with Crippen LogP contribution in [-0.4, -0.2) is 45.0 Å². The molecule has 0 bridgehead atoms. The highest BCUT2D eigenvalue weighted by Gasteiger charge is 2.28. The van der Waals surface area contributed by atoms with Crippen molar-refractivity contribution in [2.24, 2.45) is 11.7 Å². The van der Waals surface area contributed by atoms with E-state index in [1.807, 2.05) is 0 Å². The van der Waals surface area contributed by atoms with Gasteiger partial charge in [0.1, 0.15) is 5.54 Å². The molecule has 0 heterocycles. The molecule has 0 saturated heterocycles. The molecule has 0 rings (SSSR count). The quantitative estimate of drug-likeness (QED) is 0.475. The predicted molar refractivity (Wildman–Crippen MR) is 70.3 cm³/mol. The molecule has 2 N–H and O–H groups in total. The maximum atomic E-state index is 11.3. The van der Waals surface area contributed by atoms with Gasteiger partial charge in [-0.3, -0.25) is 4.79 Å². The van der Waals surface area contributed by atoms with Gasteiger partial charge in [-0.1, -0.05) is 13.8 Å². The lowest BCUT2D eigenvalue weighted by molar-refractivity contribution is -0.146. The average Bonchev–Trinajstić information content (AvgIpc) is 2.30. The molecule has 0 aliphatic carbocycles. The summed E-state index contributed by atoms with van der Waals surface area (Å²) in [5.74, 6) is 0.158. The minimum absolute atomic E-state index is 0.386. The Hall–Kier alpha value is -0.650. The molecule has 0 spiro atoms. The second-order valence-corrected chi connectivity index (χ2v) is 5.09. The van der Waals surface area contributed by atoms with Crippen LogP contribution in [0.4, 0.5) is 0 Å². The number of hydrogen-bond acceptors (Lipinski definition) is 5. The fraction of sp³-hybridized carbons (Fsp3) is 0.923. The first-order valence-corrected chi connectivity index (χ1v) is 6.43. The van der Waals surface area contributed by atoms with Gasteiger partial charge in [0.25, 0.3) is 0 Å². The maximum Gasteiger partial charge on any atom is 0.325 e. The van der Waals surface area contributed by atoms with Gasteiger partial charge >= 0.3 is 5.97 Å². The highest BCUT2D eigenvalue weighted by molar-refractivity contribution is 5.79. The van der Waals surface area contributed by atoms with Crippen LogP contribution in [0.2, 0.25) is 0 Å². The van der Waals surface area contributed by atoms with Crippen molar-refractivity contribution in [2.45, 2.75) is 39.2 Å². The van der Waals surface area contributed by atoms with E-state index >= 15 is 0 Å². The number of hydrogen-bond donors (Lipinski definition) is 1. The van der Waals surface area contributed by atoms with Crippen LogP contribution in [0.1, 0.15) is 33.6 Å². The Morgan fingerprint density at radius 2 is 1.83 bits per heavy atom. The van der Waals surface area contributed by atoms with Gasteiger partial charge in [-0.05, 0) is 25.7 Å². The summed E-state index contributed by atoms with van der Waals surface area (Å²) in [6.45, 7) is 8.40. The number of rotatable bonds is 10. The highest BCUT2D eigenvalue weighted by Crippen LogP contribution is 2.10. The van der Waals surface area contributed by atoms with E-state index in [2.05, 4.69) is 18.6 Å². The molecule has 0 aromatic heterocycles. The van der Waals surface area contributed by atoms with Gasteiger partial charge in [0.15, 0.2) is 0 Å². The van der Waals surface area contributed by atoms with Gasteiger partial charge in [-0.2, -0.15) is 0 Å². The van der Waals surface area contributed by atoms with Gasteiger partial charge < -0.3 is 19.9 Å². The lowest BCUT2D eigenvalue weighted by Crippen LogP contribution is -2.45. The first kappa shape index (κ1) is 17.4. The summed E-state index contributed by atoms with van der Waals surface area (Å²) in [6.07, 6.45) is 1.28. The molecule has 0 aromatic rings. The summed E-state index contributed by atoms with van der Waals surface area (Å²) in [4.78, 5) is 11.3. The van der Waals surface area contributed by atoms with E-state index in [4.69, 9.17) is 15.2 Å². The highest BCUT2D eigenvalue weighted by atomic mass is 16.5. The monoisotopic (exact) mass is 261 g/mol. The van der Waals surface area contributed by atoms with E-state index in [0.29, 0.717) is 32.2 Å². The molecule has 0 aliphatic heterocycles. The van der Waals surface area contributed by atoms with Crippen molar-refractivity contribution in [1.29, 1.82) is 0 Å². The summed E-state index contributed by atoms with van der Waals surface area (Å²) < 4.78 is 15.4. The topological polar surface area (TPSA) is 70.8 Å². The van der Waals surface area contributed by atoms with Gasteiger partial charge in [0.05, 0.1) is 20.3 Å². The van der Waals surface area contributed by atoms with Crippen LogP contribution in [0.3, 0.4) is 0 Å². The van der Waals surface area contributed by atoms with Crippen LogP contribution in [0, 0.1) is 5.92 Å². The zero-order valence-corrected chi connectivity index (χ0v) is 12.0. The maximum absolute atomic E-state index is 11.3. The van der Waals surface area contributed by atoms with Gasteiger partial charge in [0.2, 0.25) is 0 Å². The van der Waals surface area contributed by atoms with Gasteiger partial charge in [-0.25, -0.2) is 0 Å². The Labute approximate surface area is 110 Å². The number of esters is 1. The largest absolute Gasteiger partial charge is 0.468 e. The first-order valence-electron chi connectivity index (χ1n) is 6.43. The molecule has 1 atom stereocenters. The molecular formula is C13H27NO4. The number of carbonyl (C=O) groups is 1. The molecule has 18 heavy (non-hydrogen) atoms. The molecular weight excluding hydrogens is 234 g/mol. The molecule has 0 radical (unpaired) electrons. The summed E-state index contributed by atoms with van der Waals surface area (Å²) in [5, 5.41) is 0. The molecule has 5 nitrogen and oxygen atoms in total. The number of nitrogens with two attached hydrogens (primary N) is 1. The third kappa shape index (κ3) is 8.44. The molecule has 1 unspecified atom stereocenters.